The van der Waals surface area contributed by atoms with Crippen LogP contribution in [0.2, 0.25) is 0 Å². The molecule has 0 saturated carbocycles. The van der Waals surface area contributed by atoms with Gasteiger partial charge in [-0.2, -0.15) is 5.26 Å². The largest absolute Gasteiger partial charge is 0.497 e. The summed E-state index contributed by atoms with van der Waals surface area (Å²) in [4.78, 5) is 25.4. The highest BCUT2D eigenvalue weighted by Gasteiger charge is 2.16. The molecular formula is C18H17N3O3. The van der Waals surface area contributed by atoms with Gasteiger partial charge < -0.3 is 15.0 Å². The lowest BCUT2D eigenvalue weighted by molar-refractivity contribution is -0.120. The molecule has 0 aliphatic carbocycles. The second-order valence-electron chi connectivity index (χ2n) is 5.04. The van der Waals surface area contributed by atoms with Gasteiger partial charge in [0.1, 0.15) is 12.3 Å². The number of hydrogen-bond donors (Lipinski definition) is 1. The first-order valence-corrected chi connectivity index (χ1v) is 7.25. The minimum Gasteiger partial charge on any atom is -0.497 e. The van der Waals surface area contributed by atoms with E-state index in [1.165, 1.54) is 11.8 Å². The van der Waals surface area contributed by atoms with Crippen LogP contribution in [0.15, 0.2) is 48.5 Å². The molecule has 0 aromatic heterocycles. The van der Waals surface area contributed by atoms with E-state index in [4.69, 9.17) is 10.00 Å². The Morgan fingerprint density at radius 3 is 2.50 bits per heavy atom. The van der Waals surface area contributed by atoms with E-state index < -0.39 is 0 Å². The van der Waals surface area contributed by atoms with Crippen LogP contribution >= 0.6 is 0 Å². The molecular weight excluding hydrogens is 306 g/mol. The number of carbonyl (C=O) groups excluding carboxylic acids is 2. The third kappa shape index (κ3) is 4.34. The third-order valence-electron chi connectivity index (χ3n) is 3.34. The van der Waals surface area contributed by atoms with Crippen LogP contribution in [0.5, 0.6) is 5.75 Å². The van der Waals surface area contributed by atoms with Crippen molar-refractivity contribution in [2.24, 2.45) is 0 Å². The van der Waals surface area contributed by atoms with Crippen LogP contribution in [0.4, 0.5) is 11.4 Å². The summed E-state index contributed by atoms with van der Waals surface area (Å²) in [5.41, 5.74) is 1.54. The third-order valence-corrected chi connectivity index (χ3v) is 3.34. The fourth-order valence-corrected chi connectivity index (χ4v) is 2.15. The Balaban J connectivity index is 2.10. The van der Waals surface area contributed by atoms with Gasteiger partial charge >= 0.3 is 0 Å². The first-order chi connectivity index (χ1) is 11.5. The average Bonchev–Trinajstić information content (AvgIpc) is 2.60. The molecule has 1 N–H and O–H groups in total. The highest BCUT2D eigenvalue weighted by molar-refractivity contribution is 6.01. The summed E-state index contributed by atoms with van der Waals surface area (Å²) in [6.07, 6.45) is 0. The van der Waals surface area contributed by atoms with Crippen molar-refractivity contribution in [3.8, 4) is 11.8 Å². The summed E-state index contributed by atoms with van der Waals surface area (Å²) in [5.74, 6) is 0.0689. The molecule has 24 heavy (non-hydrogen) atoms. The predicted molar refractivity (Wildman–Crippen MR) is 90.8 cm³/mol. The van der Waals surface area contributed by atoms with Gasteiger partial charge in [-0.25, -0.2) is 0 Å². The van der Waals surface area contributed by atoms with Gasteiger partial charge in [-0.3, -0.25) is 9.59 Å². The number of methoxy groups -OCH3 is 1. The van der Waals surface area contributed by atoms with E-state index in [0.29, 0.717) is 22.7 Å². The minimum atomic E-state index is -0.335. The summed E-state index contributed by atoms with van der Waals surface area (Å²) in [6, 6.07) is 15.5. The number of carbonyl (C=O) groups is 2. The van der Waals surface area contributed by atoms with Gasteiger partial charge in [0.25, 0.3) is 0 Å². The van der Waals surface area contributed by atoms with Gasteiger partial charge in [-0.05, 0) is 42.5 Å². The lowest BCUT2D eigenvalue weighted by Gasteiger charge is -2.21. The van der Waals surface area contributed by atoms with Crippen molar-refractivity contribution >= 4 is 23.2 Å². The lowest BCUT2D eigenvalue weighted by Crippen LogP contribution is -2.36. The second kappa shape index (κ2) is 7.79. The molecule has 2 amide bonds. The van der Waals surface area contributed by atoms with Crippen molar-refractivity contribution < 1.29 is 14.3 Å². The van der Waals surface area contributed by atoms with Crippen LogP contribution in [0.25, 0.3) is 0 Å². The number of hydrogen-bond acceptors (Lipinski definition) is 4. The zero-order valence-corrected chi connectivity index (χ0v) is 13.4. The van der Waals surface area contributed by atoms with Crippen molar-refractivity contribution in [2.45, 2.75) is 6.92 Å². The fourth-order valence-electron chi connectivity index (χ4n) is 2.15. The van der Waals surface area contributed by atoms with E-state index >= 15 is 0 Å². The molecule has 0 bridgehead atoms. The molecule has 122 valence electrons. The molecule has 0 atom stereocenters. The van der Waals surface area contributed by atoms with Gasteiger partial charge in [0.2, 0.25) is 11.8 Å². The number of nitrogens with zero attached hydrogens (tertiary/aromatic N) is 2. The van der Waals surface area contributed by atoms with Crippen molar-refractivity contribution in [1.29, 1.82) is 5.26 Å². The normalized spacial score (nSPS) is 9.71. The average molecular weight is 323 g/mol. The summed E-state index contributed by atoms with van der Waals surface area (Å²) < 4.78 is 5.06. The topological polar surface area (TPSA) is 82.4 Å². The van der Waals surface area contributed by atoms with E-state index in [2.05, 4.69) is 5.32 Å². The Bertz CT molecular complexity index is 779. The van der Waals surface area contributed by atoms with E-state index in [1.807, 2.05) is 6.07 Å². The van der Waals surface area contributed by atoms with Gasteiger partial charge in [-0.1, -0.05) is 6.07 Å². The number of amides is 2. The maximum absolute atomic E-state index is 12.2. The van der Waals surface area contributed by atoms with Crippen LogP contribution in [-0.2, 0) is 9.59 Å². The molecule has 0 fully saturated rings. The maximum atomic E-state index is 12.2. The van der Waals surface area contributed by atoms with Crippen molar-refractivity contribution in [3.63, 3.8) is 0 Å². The second-order valence-corrected chi connectivity index (χ2v) is 5.04. The van der Waals surface area contributed by atoms with E-state index in [-0.39, 0.29) is 18.4 Å². The van der Waals surface area contributed by atoms with Crippen molar-refractivity contribution in [3.05, 3.63) is 54.1 Å². The van der Waals surface area contributed by atoms with Crippen molar-refractivity contribution in [2.75, 3.05) is 23.9 Å². The molecule has 0 spiro atoms. The summed E-state index contributed by atoms with van der Waals surface area (Å²) in [6.45, 7) is 1.23. The highest BCUT2D eigenvalue weighted by Crippen LogP contribution is 2.18. The molecule has 0 heterocycles. The quantitative estimate of drug-likeness (QED) is 0.916. The summed E-state index contributed by atoms with van der Waals surface area (Å²) in [5, 5.41) is 11.7. The molecule has 2 aromatic rings. The van der Waals surface area contributed by atoms with Crippen LogP contribution < -0.4 is 15.0 Å². The van der Waals surface area contributed by atoms with Gasteiger partial charge in [-0.15, -0.1) is 0 Å². The zero-order valence-electron chi connectivity index (χ0n) is 13.4. The van der Waals surface area contributed by atoms with E-state index in [0.717, 1.165) is 0 Å². The maximum Gasteiger partial charge on any atom is 0.244 e. The number of nitrogens with one attached hydrogen (secondary N) is 1. The van der Waals surface area contributed by atoms with Crippen LogP contribution in [0.1, 0.15) is 12.5 Å². The molecule has 0 radical (unpaired) electrons. The number of ether oxygens (including phenoxy) is 1. The molecule has 6 nitrogen and oxygen atoms in total. The Labute approximate surface area is 140 Å². The van der Waals surface area contributed by atoms with Crippen LogP contribution in [0, 0.1) is 11.3 Å². The highest BCUT2D eigenvalue weighted by atomic mass is 16.5. The summed E-state index contributed by atoms with van der Waals surface area (Å²) >= 11 is 0. The summed E-state index contributed by atoms with van der Waals surface area (Å²) in [7, 11) is 1.56. The standard InChI is InChI=1S/C18H17N3O3/c1-13(22)21(16-5-3-4-14(10-16)11-19)12-18(23)20-15-6-8-17(24-2)9-7-15/h3-10H,12H2,1-2H3,(H,20,23). The molecule has 6 heteroatoms. The molecule has 0 aliphatic rings. The van der Waals surface area contributed by atoms with Gasteiger partial charge in [0.05, 0.1) is 18.7 Å². The molecule has 2 rings (SSSR count). The monoisotopic (exact) mass is 323 g/mol. The molecule has 0 unspecified atom stereocenters. The minimum absolute atomic E-state index is 0.143. The van der Waals surface area contributed by atoms with E-state index in [9.17, 15) is 9.59 Å². The van der Waals surface area contributed by atoms with Crippen LogP contribution in [-0.4, -0.2) is 25.5 Å². The number of anilines is 2. The Kier molecular flexibility index (Phi) is 5.53. The van der Waals surface area contributed by atoms with Gasteiger partial charge in [0.15, 0.2) is 0 Å². The first kappa shape index (κ1) is 17.0. The Morgan fingerprint density at radius 1 is 1.21 bits per heavy atom. The van der Waals surface area contributed by atoms with Gasteiger partial charge in [0, 0.05) is 18.3 Å². The molecule has 2 aromatic carbocycles. The molecule has 0 aliphatic heterocycles. The fraction of sp³-hybridized carbons (Fsp3) is 0.167. The number of nitriles is 1. The number of benzene rings is 2. The zero-order chi connectivity index (χ0) is 17.5. The first-order valence-electron chi connectivity index (χ1n) is 7.25. The van der Waals surface area contributed by atoms with E-state index in [1.54, 1.807) is 55.6 Å². The van der Waals surface area contributed by atoms with Crippen LogP contribution in [0.3, 0.4) is 0 Å². The number of rotatable bonds is 5. The smallest absolute Gasteiger partial charge is 0.244 e. The SMILES string of the molecule is COc1ccc(NC(=O)CN(C(C)=O)c2cccc(C#N)c2)cc1. The predicted octanol–water partition coefficient (Wildman–Crippen LogP) is 2.56. The Morgan fingerprint density at radius 2 is 1.92 bits per heavy atom. The Hall–Kier alpha value is -3.33. The molecule has 0 saturated heterocycles. The van der Waals surface area contributed by atoms with Crippen molar-refractivity contribution in [1.82, 2.24) is 0 Å². The lowest BCUT2D eigenvalue weighted by atomic mass is 10.2.